The van der Waals surface area contributed by atoms with Gasteiger partial charge in [0.2, 0.25) is 0 Å². The molecule has 1 amide bonds. The number of halogens is 4. The Morgan fingerprint density at radius 3 is 2.50 bits per heavy atom. The molecule has 0 bridgehead atoms. The number of rotatable bonds is 5. The van der Waals surface area contributed by atoms with E-state index < -0.39 is 30.1 Å². The molecule has 0 heterocycles. The molecule has 9 heteroatoms. The molecular formula is C11H11F4NO4. The lowest BCUT2D eigenvalue weighted by Gasteiger charge is -2.17. The van der Waals surface area contributed by atoms with Gasteiger partial charge in [-0.05, 0) is 17.7 Å². The number of primary amides is 1. The summed E-state index contributed by atoms with van der Waals surface area (Å²) in [6, 6.07) is 2.62. The van der Waals surface area contributed by atoms with E-state index in [2.05, 4.69) is 9.47 Å². The molecule has 0 fully saturated rings. The summed E-state index contributed by atoms with van der Waals surface area (Å²) in [5.74, 6) is -2.24. The van der Waals surface area contributed by atoms with E-state index in [1.165, 1.54) is 7.11 Å². The van der Waals surface area contributed by atoms with E-state index in [1.807, 2.05) is 0 Å². The Bertz CT molecular complexity index is 478. The largest absolute Gasteiger partial charge is 0.573 e. The molecule has 1 aromatic rings. The van der Waals surface area contributed by atoms with Gasteiger partial charge in [-0.1, -0.05) is 6.07 Å². The zero-order chi connectivity index (χ0) is 15.3. The van der Waals surface area contributed by atoms with Crippen LogP contribution in [0.1, 0.15) is 11.7 Å². The quantitative estimate of drug-likeness (QED) is 0.848. The summed E-state index contributed by atoms with van der Waals surface area (Å²) < 4.78 is 62.3. The minimum Gasteiger partial charge on any atom is -0.439 e. The van der Waals surface area contributed by atoms with Crippen molar-refractivity contribution in [1.29, 1.82) is 0 Å². The Balaban J connectivity index is 2.96. The van der Waals surface area contributed by atoms with E-state index in [4.69, 9.17) is 10.5 Å². The second-order valence-electron chi connectivity index (χ2n) is 3.62. The van der Waals surface area contributed by atoms with Gasteiger partial charge < -0.3 is 19.9 Å². The van der Waals surface area contributed by atoms with Crippen molar-refractivity contribution in [3.05, 3.63) is 29.6 Å². The summed E-state index contributed by atoms with van der Waals surface area (Å²) in [4.78, 5) is 10.7. The molecule has 0 saturated heterocycles. The molecule has 0 unspecified atom stereocenters. The second kappa shape index (κ2) is 6.42. The molecule has 0 aromatic heterocycles. The van der Waals surface area contributed by atoms with Crippen molar-refractivity contribution in [2.75, 3.05) is 13.7 Å². The predicted molar refractivity (Wildman–Crippen MR) is 58.4 cm³/mol. The molecule has 0 saturated carbocycles. The molecule has 0 aliphatic carbocycles. The number of benzene rings is 1. The Hall–Kier alpha value is -2.03. The Morgan fingerprint density at radius 2 is 2.05 bits per heavy atom. The molecule has 5 nitrogen and oxygen atoms in total. The molecule has 0 radical (unpaired) electrons. The molecule has 112 valence electrons. The number of hydrogen-bond acceptors (Lipinski definition) is 4. The topological polar surface area (TPSA) is 70.8 Å². The summed E-state index contributed by atoms with van der Waals surface area (Å²) >= 11 is 0. The fraction of sp³-hybridized carbons (Fsp3) is 0.364. The average Bonchev–Trinajstić information content (AvgIpc) is 2.29. The molecule has 2 N–H and O–H groups in total. The van der Waals surface area contributed by atoms with Crippen LogP contribution in [0.4, 0.5) is 22.4 Å². The van der Waals surface area contributed by atoms with Gasteiger partial charge >= 0.3 is 12.5 Å². The lowest BCUT2D eigenvalue weighted by Crippen LogP contribution is -2.21. The first kappa shape index (κ1) is 16.0. The standard InChI is InChI=1S/C11H11F4NO4/c1-18-5-9(19-10(16)17)6-2-3-8(7(12)4-6)20-11(13,14)15/h2-4,9H,5H2,1H3,(H2,16,17)/t9-/m1/s1. The van der Waals surface area contributed by atoms with Crippen LogP contribution in [0.2, 0.25) is 0 Å². The predicted octanol–water partition coefficient (Wildman–Crippen LogP) is 2.51. The third kappa shape index (κ3) is 4.92. The van der Waals surface area contributed by atoms with Crippen molar-refractivity contribution in [1.82, 2.24) is 0 Å². The minimum absolute atomic E-state index is 0.0812. The van der Waals surface area contributed by atoms with Gasteiger partial charge in [0.1, 0.15) is 0 Å². The van der Waals surface area contributed by atoms with Crippen LogP contribution in [-0.2, 0) is 9.47 Å². The molecule has 1 aromatic carbocycles. The Morgan fingerprint density at radius 1 is 1.40 bits per heavy atom. The number of carbonyl (C=O) groups is 1. The van der Waals surface area contributed by atoms with Gasteiger partial charge in [0.15, 0.2) is 17.7 Å². The van der Waals surface area contributed by atoms with Gasteiger partial charge in [-0.2, -0.15) is 0 Å². The van der Waals surface area contributed by atoms with Crippen LogP contribution >= 0.6 is 0 Å². The van der Waals surface area contributed by atoms with Crippen LogP contribution in [0, 0.1) is 5.82 Å². The van der Waals surface area contributed by atoms with E-state index in [1.54, 1.807) is 0 Å². The molecule has 1 atom stereocenters. The maximum Gasteiger partial charge on any atom is 0.573 e. The van der Waals surface area contributed by atoms with Crippen molar-refractivity contribution in [2.24, 2.45) is 5.73 Å². The van der Waals surface area contributed by atoms with Crippen molar-refractivity contribution < 1.29 is 36.6 Å². The summed E-state index contributed by atoms with van der Waals surface area (Å²) in [6.45, 7) is -0.137. The number of amides is 1. The molecule has 1 rings (SSSR count). The zero-order valence-electron chi connectivity index (χ0n) is 10.2. The van der Waals surface area contributed by atoms with Crippen molar-refractivity contribution in [3.63, 3.8) is 0 Å². The Labute approximate surface area is 111 Å². The van der Waals surface area contributed by atoms with Gasteiger partial charge in [-0.15, -0.1) is 13.2 Å². The summed E-state index contributed by atoms with van der Waals surface area (Å²) in [5, 5.41) is 0. The van der Waals surface area contributed by atoms with Gasteiger partial charge in [-0.3, -0.25) is 0 Å². The molecular weight excluding hydrogens is 286 g/mol. The number of carbonyl (C=O) groups excluding carboxylic acids is 1. The fourth-order valence-corrected chi connectivity index (χ4v) is 1.41. The summed E-state index contributed by atoms with van der Waals surface area (Å²) in [6.07, 6.45) is -7.16. The van der Waals surface area contributed by atoms with E-state index in [9.17, 15) is 22.4 Å². The fourth-order valence-electron chi connectivity index (χ4n) is 1.41. The Kier molecular flexibility index (Phi) is 5.14. The van der Waals surface area contributed by atoms with Crippen LogP contribution in [0.5, 0.6) is 5.75 Å². The third-order valence-corrected chi connectivity index (χ3v) is 2.13. The first-order valence-electron chi connectivity index (χ1n) is 5.23. The SMILES string of the molecule is COC[C@@H](OC(N)=O)c1ccc(OC(F)(F)F)c(F)c1. The first-order valence-corrected chi connectivity index (χ1v) is 5.23. The maximum atomic E-state index is 13.5. The second-order valence-corrected chi connectivity index (χ2v) is 3.62. The van der Waals surface area contributed by atoms with Crippen molar-refractivity contribution >= 4 is 6.09 Å². The highest BCUT2D eigenvalue weighted by Crippen LogP contribution is 2.28. The monoisotopic (exact) mass is 297 g/mol. The number of methoxy groups -OCH3 is 1. The number of ether oxygens (including phenoxy) is 3. The van der Waals surface area contributed by atoms with E-state index in [0.717, 1.165) is 18.2 Å². The number of hydrogen-bond donors (Lipinski definition) is 1. The third-order valence-electron chi connectivity index (χ3n) is 2.13. The van der Waals surface area contributed by atoms with Crippen molar-refractivity contribution in [3.8, 4) is 5.75 Å². The maximum absolute atomic E-state index is 13.5. The minimum atomic E-state index is -5.00. The van der Waals surface area contributed by atoms with Crippen LogP contribution in [0.3, 0.4) is 0 Å². The van der Waals surface area contributed by atoms with E-state index in [0.29, 0.717) is 0 Å². The van der Waals surface area contributed by atoms with Gasteiger partial charge in [0.05, 0.1) is 6.61 Å². The number of alkyl halides is 3. The first-order chi connectivity index (χ1) is 9.23. The normalized spacial score (nSPS) is 12.8. The van der Waals surface area contributed by atoms with E-state index in [-0.39, 0.29) is 12.2 Å². The van der Waals surface area contributed by atoms with Crippen LogP contribution in [-0.4, -0.2) is 26.2 Å². The van der Waals surface area contributed by atoms with Crippen LogP contribution in [0.25, 0.3) is 0 Å². The average molecular weight is 297 g/mol. The number of nitrogens with two attached hydrogens (primary N) is 1. The molecule has 0 spiro atoms. The lowest BCUT2D eigenvalue weighted by molar-refractivity contribution is -0.275. The highest BCUT2D eigenvalue weighted by molar-refractivity contribution is 5.65. The van der Waals surface area contributed by atoms with Gasteiger partial charge in [0, 0.05) is 7.11 Å². The zero-order valence-corrected chi connectivity index (χ0v) is 10.2. The lowest BCUT2D eigenvalue weighted by atomic mass is 10.1. The summed E-state index contributed by atoms with van der Waals surface area (Å²) in [7, 11) is 1.30. The van der Waals surface area contributed by atoms with Crippen LogP contribution in [0.15, 0.2) is 18.2 Å². The molecule has 0 aliphatic rings. The summed E-state index contributed by atoms with van der Waals surface area (Å²) in [5.41, 5.74) is 4.91. The highest BCUT2D eigenvalue weighted by atomic mass is 19.4. The smallest absolute Gasteiger partial charge is 0.439 e. The van der Waals surface area contributed by atoms with Gasteiger partial charge in [0.25, 0.3) is 0 Å². The van der Waals surface area contributed by atoms with Gasteiger partial charge in [-0.25, -0.2) is 9.18 Å². The van der Waals surface area contributed by atoms with Crippen molar-refractivity contribution in [2.45, 2.75) is 12.5 Å². The van der Waals surface area contributed by atoms with Crippen LogP contribution < -0.4 is 10.5 Å². The molecule has 0 aliphatic heterocycles. The molecule has 20 heavy (non-hydrogen) atoms. The van der Waals surface area contributed by atoms with E-state index >= 15 is 0 Å². The highest BCUT2D eigenvalue weighted by Gasteiger charge is 2.32.